The third kappa shape index (κ3) is 4.13. The molecular weight excluding hydrogens is 255 g/mol. The highest BCUT2D eigenvalue weighted by Gasteiger charge is 2.19. The van der Waals surface area contributed by atoms with E-state index >= 15 is 0 Å². The van der Waals surface area contributed by atoms with Crippen LogP contribution >= 0.6 is 0 Å². The average Bonchev–Trinajstić information content (AvgIpc) is 2.47. The minimum absolute atomic E-state index is 0.110. The van der Waals surface area contributed by atoms with Gasteiger partial charge in [0.25, 0.3) is 0 Å². The van der Waals surface area contributed by atoms with Crippen molar-refractivity contribution in [1.82, 2.24) is 10.2 Å². The molecule has 1 atom stereocenters. The zero-order valence-electron chi connectivity index (χ0n) is 12.1. The van der Waals surface area contributed by atoms with E-state index in [0.717, 1.165) is 38.3 Å². The summed E-state index contributed by atoms with van der Waals surface area (Å²) in [5.41, 5.74) is 1.56. The molecule has 20 heavy (non-hydrogen) atoms. The van der Waals surface area contributed by atoms with E-state index in [1.54, 1.807) is 19.1 Å². The Labute approximate surface area is 120 Å². The number of nitrogens with one attached hydrogen (secondary N) is 1. The lowest BCUT2D eigenvalue weighted by atomic mass is 10.1. The maximum atomic E-state index is 13.7. The molecule has 2 rings (SSSR count). The maximum absolute atomic E-state index is 13.7. The first-order chi connectivity index (χ1) is 9.70. The van der Waals surface area contributed by atoms with E-state index < -0.39 is 0 Å². The van der Waals surface area contributed by atoms with Crippen LogP contribution in [-0.2, 0) is 4.74 Å². The highest BCUT2D eigenvalue weighted by atomic mass is 19.1. The quantitative estimate of drug-likeness (QED) is 0.808. The fourth-order valence-electron chi connectivity index (χ4n) is 2.38. The molecule has 1 saturated heterocycles. The van der Waals surface area contributed by atoms with Crippen LogP contribution in [0.25, 0.3) is 0 Å². The molecule has 1 N–H and O–H groups in total. The number of halogens is 1. The van der Waals surface area contributed by atoms with E-state index in [1.165, 1.54) is 0 Å². The molecule has 1 fully saturated rings. The molecule has 1 aromatic carbocycles. The van der Waals surface area contributed by atoms with Crippen molar-refractivity contribution in [1.29, 1.82) is 0 Å². The van der Waals surface area contributed by atoms with Crippen molar-refractivity contribution in [2.45, 2.75) is 13.0 Å². The Balaban J connectivity index is 2.08. The molecule has 0 aromatic heterocycles. The summed E-state index contributed by atoms with van der Waals surface area (Å²) in [5, 5.41) is 3.33. The van der Waals surface area contributed by atoms with Crippen LogP contribution in [0.5, 0.6) is 0 Å². The predicted molar refractivity (Wildman–Crippen MR) is 79.3 cm³/mol. The van der Waals surface area contributed by atoms with Gasteiger partial charge in [0.2, 0.25) is 0 Å². The summed E-state index contributed by atoms with van der Waals surface area (Å²) < 4.78 is 19.6. The van der Waals surface area contributed by atoms with E-state index in [2.05, 4.69) is 16.8 Å². The Kier molecular flexibility index (Phi) is 5.71. The lowest BCUT2D eigenvalue weighted by molar-refractivity contribution is 0.0382. The molecule has 110 valence electrons. The summed E-state index contributed by atoms with van der Waals surface area (Å²) in [6.45, 7) is 10.7. The maximum Gasteiger partial charge on any atom is 0.126 e. The van der Waals surface area contributed by atoms with Crippen LogP contribution in [0.2, 0.25) is 0 Å². The second-order valence-corrected chi connectivity index (χ2v) is 5.17. The molecule has 1 unspecified atom stereocenters. The van der Waals surface area contributed by atoms with Gasteiger partial charge in [0.05, 0.1) is 12.7 Å². The number of benzene rings is 1. The van der Waals surface area contributed by atoms with Crippen molar-refractivity contribution < 1.29 is 9.13 Å². The van der Waals surface area contributed by atoms with Crippen LogP contribution in [0.4, 0.5) is 4.39 Å². The third-order valence-electron chi connectivity index (χ3n) is 3.62. The van der Waals surface area contributed by atoms with Gasteiger partial charge < -0.3 is 10.1 Å². The van der Waals surface area contributed by atoms with Gasteiger partial charge in [0.1, 0.15) is 5.82 Å². The summed E-state index contributed by atoms with van der Waals surface area (Å²) in [6, 6.07) is 5.35. The Morgan fingerprint density at radius 2 is 2.20 bits per heavy atom. The summed E-state index contributed by atoms with van der Waals surface area (Å²) in [5.74, 6) is -0.171. The number of hydrogen-bond donors (Lipinski definition) is 1. The number of aryl methyl sites for hydroxylation is 1. The van der Waals surface area contributed by atoms with E-state index in [4.69, 9.17) is 4.74 Å². The van der Waals surface area contributed by atoms with Crippen LogP contribution in [0.15, 0.2) is 30.9 Å². The third-order valence-corrected chi connectivity index (χ3v) is 3.62. The molecular formula is C16H23FN2O. The number of hydrogen-bond acceptors (Lipinski definition) is 3. The lowest BCUT2D eigenvalue weighted by Gasteiger charge is -2.31. The van der Waals surface area contributed by atoms with Crippen molar-refractivity contribution in [2.75, 3.05) is 39.3 Å². The summed E-state index contributed by atoms with van der Waals surface area (Å²) in [7, 11) is 0. The monoisotopic (exact) mass is 278 g/mol. The molecule has 0 aliphatic carbocycles. The largest absolute Gasteiger partial charge is 0.368 e. The van der Waals surface area contributed by atoms with E-state index in [1.807, 2.05) is 12.1 Å². The van der Waals surface area contributed by atoms with Crippen LogP contribution in [0.1, 0.15) is 17.2 Å². The predicted octanol–water partition coefficient (Wildman–Crippen LogP) is 2.28. The number of piperazine rings is 1. The Bertz CT molecular complexity index is 444. The smallest absolute Gasteiger partial charge is 0.126 e. The highest BCUT2D eigenvalue weighted by Crippen LogP contribution is 2.21. The standard InChI is InChI=1S/C16H23FN2O/c1-3-10-20-16(12-19-8-6-18-7-9-19)14-5-4-13(2)15(17)11-14/h3-5,11,16,18H,1,6-10,12H2,2H3. The molecule has 1 aromatic rings. The second kappa shape index (κ2) is 7.53. The topological polar surface area (TPSA) is 24.5 Å². The molecule has 0 amide bonds. The summed E-state index contributed by atoms with van der Waals surface area (Å²) in [4.78, 5) is 2.35. The minimum Gasteiger partial charge on any atom is -0.368 e. The van der Waals surface area contributed by atoms with Gasteiger partial charge in [0, 0.05) is 32.7 Å². The molecule has 1 aliphatic heterocycles. The SMILES string of the molecule is C=CCOC(CN1CCNCC1)c1ccc(C)c(F)c1. The van der Waals surface area contributed by atoms with Gasteiger partial charge in [-0.2, -0.15) is 0 Å². The Morgan fingerprint density at radius 1 is 1.45 bits per heavy atom. The summed E-state index contributed by atoms with van der Waals surface area (Å²) in [6.07, 6.45) is 1.62. The van der Waals surface area contributed by atoms with E-state index in [0.29, 0.717) is 12.2 Å². The van der Waals surface area contributed by atoms with Gasteiger partial charge in [-0.15, -0.1) is 6.58 Å². The second-order valence-electron chi connectivity index (χ2n) is 5.17. The number of rotatable bonds is 6. The Hall–Kier alpha value is -1.23. The van der Waals surface area contributed by atoms with E-state index in [-0.39, 0.29) is 11.9 Å². The van der Waals surface area contributed by atoms with Crippen molar-refractivity contribution in [3.63, 3.8) is 0 Å². The average molecular weight is 278 g/mol. The molecule has 1 aliphatic rings. The van der Waals surface area contributed by atoms with Crippen LogP contribution in [0.3, 0.4) is 0 Å². The highest BCUT2D eigenvalue weighted by molar-refractivity contribution is 5.25. The van der Waals surface area contributed by atoms with Crippen molar-refractivity contribution in [2.24, 2.45) is 0 Å². The Morgan fingerprint density at radius 3 is 2.85 bits per heavy atom. The first-order valence-electron chi connectivity index (χ1n) is 7.12. The lowest BCUT2D eigenvalue weighted by Crippen LogP contribution is -2.45. The summed E-state index contributed by atoms with van der Waals surface area (Å²) >= 11 is 0. The van der Waals surface area contributed by atoms with Crippen LogP contribution in [0, 0.1) is 12.7 Å². The molecule has 0 bridgehead atoms. The van der Waals surface area contributed by atoms with Crippen molar-refractivity contribution in [3.8, 4) is 0 Å². The normalized spacial score (nSPS) is 17.9. The molecule has 3 nitrogen and oxygen atoms in total. The number of nitrogens with zero attached hydrogens (tertiary/aromatic N) is 1. The molecule has 1 heterocycles. The van der Waals surface area contributed by atoms with Crippen molar-refractivity contribution >= 4 is 0 Å². The van der Waals surface area contributed by atoms with Gasteiger partial charge in [-0.1, -0.05) is 18.2 Å². The molecule has 0 spiro atoms. The van der Waals surface area contributed by atoms with Crippen molar-refractivity contribution in [3.05, 3.63) is 47.8 Å². The molecule has 0 radical (unpaired) electrons. The van der Waals surface area contributed by atoms with Crippen LogP contribution < -0.4 is 5.32 Å². The zero-order valence-corrected chi connectivity index (χ0v) is 12.1. The van der Waals surface area contributed by atoms with Gasteiger partial charge >= 0.3 is 0 Å². The van der Waals surface area contributed by atoms with Gasteiger partial charge in [-0.3, -0.25) is 4.90 Å². The fraction of sp³-hybridized carbons (Fsp3) is 0.500. The molecule has 4 heteroatoms. The van der Waals surface area contributed by atoms with Crippen LogP contribution in [-0.4, -0.2) is 44.2 Å². The first-order valence-corrected chi connectivity index (χ1v) is 7.12. The van der Waals surface area contributed by atoms with E-state index in [9.17, 15) is 4.39 Å². The number of ether oxygens (including phenoxy) is 1. The first kappa shape index (κ1) is 15.2. The van der Waals surface area contributed by atoms with Gasteiger partial charge in [-0.05, 0) is 24.1 Å². The van der Waals surface area contributed by atoms with Gasteiger partial charge in [0.15, 0.2) is 0 Å². The minimum atomic E-state index is -0.171. The zero-order chi connectivity index (χ0) is 14.4. The van der Waals surface area contributed by atoms with Gasteiger partial charge in [-0.25, -0.2) is 4.39 Å². The molecule has 0 saturated carbocycles. The fourth-order valence-corrected chi connectivity index (χ4v) is 2.38.